The molecule has 0 aromatic rings. The van der Waals surface area contributed by atoms with Crippen LogP contribution >= 0.6 is 0 Å². The van der Waals surface area contributed by atoms with Crippen LogP contribution in [0.3, 0.4) is 0 Å². The Morgan fingerprint density at radius 2 is 1.07 bits per heavy atom. The average Bonchev–Trinajstić information content (AvgIpc) is 2.82. The summed E-state index contributed by atoms with van der Waals surface area (Å²) in [7, 11) is 0. The zero-order valence-corrected chi connectivity index (χ0v) is 10.9. The molecule has 74 valence electrons. The second-order valence-electron chi connectivity index (χ2n) is 1.53. The Labute approximate surface area is 103 Å². The van der Waals surface area contributed by atoms with Crippen LogP contribution in [0.5, 0.6) is 0 Å². The molecule has 0 spiro atoms. The van der Waals surface area contributed by atoms with Gasteiger partial charge in [-0.2, -0.15) is 0 Å². The summed E-state index contributed by atoms with van der Waals surface area (Å²) in [6.07, 6.45) is 13.6. The van der Waals surface area contributed by atoms with E-state index in [4.69, 9.17) is 9.30 Å². The predicted molar refractivity (Wildman–Crippen MR) is 49.0 cm³/mol. The third-order valence-corrected chi connectivity index (χ3v) is 0.791. The molecule has 0 atom stereocenters. The Hall–Kier alpha value is 0.168. The van der Waals surface area contributed by atoms with Gasteiger partial charge in [0.25, 0.3) is 0 Å². The van der Waals surface area contributed by atoms with E-state index in [1.807, 2.05) is 45.4 Å². The Balaban J connectivity index is -0.0000000511. The zero-order chi connectivity index (χ0) is 10.9. The van der Waals surface area contributed by atoms with E-state index >= 15 is 0 Å². The summed E-state index contributed by atoms with van der Waals surface area (Å²) < 4.78 is 15.0. The quantitative estimate of drug-likeness (QED) is 0.508. The molecule has 0 heterocycles. The van der Waals surface area contributed by atoms with Crippen molar-refractivity contribution in [2.45, 2.75) is 6.92 Å². The maximum absolute atomic E-state index is 7.50. The van der Waals surface area contributed by atoms with Crippen LogP contribution in [0.2, 0.25) is 0 Å². The van der Waals surface area contributed by atoms with E-state index in [1.54, 1.807) is 6.42 Å². The van der Waals surface area contributed by atoms with Gasteiger partial charge in [-0.25, -0.2) is 0 Å². The van der Waals surface area contributed by atoms with Crippen LogP contribution in [0.15, 0.2) is 0 Å². The first-order valence-electron chi connectivity index (χ1n) is 3.39. The molecular formula is C11H12O2W. The van der Waals surface area contributed by atoms with Crippen molar-refractivity contribution in [2.75, 3.05) is 0 Å². The molecule has 0 N–H and O–H groups in total. The summed E-state index contributed by atoms with van der Waals surface area (Å²) >= 11 is 0. The largest absolute Gasteiger partial charge is 0.0620 e. The summed E-state index contributed by atoms with van der Waals surface area (Å²) in [6.45, 7) is 14.4. The molecule has 0 bridgehead atoms. The van der Waals surface area contributed by atoms with Crippen molar-refractivity contribution in [2.24, 2.45) is 0 Å². The normalized spacial score (nSPS) is 11.0. The summed E-state index contributed by atoms with van der Waals surface area (Å²) in [5, 5.41) is 0. The van der Waals surface area contributed by atoms with Crippen LogP contribution in [0.25, 0.3) is 0 Å². The Kier molecular flexibility index (Phi) is 64.4. The molecule has 1 rings (SSSR count). The fourth-order valence-corrected chi connectivity index (χ4v) is 0.321. The summed E-state index contributed by atoms with van der Waals surface area (Å²) in [5.41, 5.74) is 0. The molecule has 0 aromatic carbocycles. The van der Waals surface area contributed by atoms with Crippen molar-refractivity contribution < 1.29 is 30.4 Å². The van der Waals surface area contributed by atoms with Gasteiger partial charge in [0.1, 0.15) is 0 Å². The molecule has 8 radical (unpaired) electrons. The van der Waals surface area contributed by atoms with Gasteiger partial charge in [0, 0.05) is 21.1 Å². The molecule has 2 nitrogen and oxygen atoms in total. The standard InChI is InChI=1S/C5H5.C4H7.2CO.W/c1-2-4-5-3-1;1-3-4-2;2*1-2;/h1-5H;3-4H,1H2,2H3;;;. The van der Waals surface area contributed by atoms with Gasteiger partial charge in [0.2, 0.25) is 0 Å². The first kappa shape index (κ1) is 23.8. The van der Waals surface area contributed by atoms with Crippen LogP contribution in [0.1, 0.15) is 6.92 Å². The molecule has 1 saturated carbocycles. The number of hydrogen-bond donors (Lipinski definition) is 0. The van der Waals surface area contributed by atoms with Crippen LogP contribution in [-0.4, -0.2) is 0 Å². The summed E-state index contributed by atoms with van der Waals surface area (Å²) in [4.78, 5) is 0. The van der Waals surface area contributed by atoms with Gasteiger partial charge >= 0.3 is 22.6 Å². The fourth-order valence-electron chi connectivity index (χ4n) is 0.321. The van der Waals surface area contributed by atoms with Gasteiger partial charge in [-0.05, 0) is 51.9 Å². The number of hydrogen-bond acceptors (Lipinski definition) is 0. The fraction of sp³-hybridized carbons (Fsp3) is 0.0909. The first-order valence-corrected chi connectivity index (χ1v) is 3.39. The van der Waals surface area contributed by atoms with Crippen LogP contribution < -0.4 is 0 Å². The van der Waals surface area contributed by atoms with Crippen molar-refractivity contribution in [3.63, 3.8) is 0 Å². The molecular weight excluding hydrogens is 348 g/mol. The molecule has 3 heteroatoms. The minimum atomic E-state index is 0. The van der Waals surface area contributed by atoms with Crippen LogP contribution in [-0.2, 0) is 30.4 Å². The monoisotopic (exact) mass is 360 g/mol. The second-order valence-corrected chi connectivity index (χ2v) is 1.53. The molecule has 0 amide bonds. The third kappa shape index (κ3) is 39.9. The van der Waals surface area contributed by atoms with E-state index < -0.39 is 0 Å². The average molecular weight is 360 g/mol. The molecule has 1 aliphatic carbocycles. The molecule has 0 aliphatic heterocycles. The maximum atomic E-state index is 7.50. The van der Waals surface area contributed by atoms with E-state index in [2.05, 4.69) is 20.2 Å². The third-order valence-electron chi connectivity index (χ3n) is 0.791. The van der Waals surface area contributed by atoms with Crippen molar-refractivity contribution in [1.29, 1.82) is 0 Å². The smallest absolute Gasteiger partial charge is 0 e. The molecule has 1 aliphatic rings. The van der Waals surface area contributed by atoms with Gasteiger partial charge < -0.3 is 0 Å². The predicted octanol–water partition coefficient (Wildman–Crippen LogP) is 2.19. The molecule has 0 aromatic heterocycles. The van der Waals surface area contributed by atoms with Gasteiger partial charge in [0.05, 0.1) is 0 Å². The van der Waals surface area contributed by atoms with Crippen LogP contribution in [0, 0.1) is 65.2 Å². The van der Waals surface area contributed by atoms with Crippen molar-refractivity contribution in [3.8, 4) is 0 Å². The minimum absolute atomic E-state index is 0. The van der Waals surface area contributed by atoms with Gasteiger partial charge in [0.15, 0.2) is 0 Å². The molecule has 0 unspecified atom stereocenters. The van der Waals surface area contributed by atoms with E-state index in [0.717, 1.165) is 0 Å². The minimum Gasteiger partial charge on any atom is -0.0620 e. The second kappa shape index (κ2) is 37.9. The van der Waals surface area contributed by atoms with Crippen molar-refractivity contribution in [1.82, 2.24) is 0 Å². The topological polar surface area (TPSA) is 39.8 Å². The van der Waals surface area contributed by atoms with E-state index in [0.29, 0.717) is 0 Å². The Morgan fingerprint density at radius 1 is 0.929 bits per heavy atom. The van der Waals surface area contributed by atoms with E-state index in [1.165, 1.54) is 0 Å². The van der Waals surface area contributed by atoms with Crippen molar-refractivity contribution >= 4 is 0 Å². The zero-order valence-electron chi connectivity index (χ0n) is 7.97. The molecule has 1 fully saturated rings. The first-order chi connectivity index (χ1) is 6.41. The van der Waals surface area contributed by atoms with E-state index in [9.17, 15) is 0 Å². The Bertz CT molecular complexity index is 80.3. The molecule has 0 saturated heterocycles. The Morgan fingerprint density at radius 3 is 1.14 bits per heavy atom. The van der Waals surface area contributed by atoms with Gasteiger partial charge in [-0.15, -0.1) is 0 Å². The van der Waals surface area contributed by atoms with Gasteiger partial charge in [-0.1, -0.05) is 6.92 Å². The maximum Gasteiger partial charge on any atom is 0 e. The summed E-state index contributed by atoms with van der Waals surface area (Å²) in [5.74, 6) is 0. The summed E-state index contributed by atoms with van der Waals surface area (Å²) in [6, 6.07) is 0. The van der Waals surface area contributed by atoms with E-state index in [-0.39, 0.29) is 21.1 Å². The molecule has 14 heavy (non-hydrogen) atoms. The van der Waals surface area contributed by atoms with Gasteiger partial charge in [-0.3, -0.25) is 0 Å². The van der Waals surface area contributed by atoms with Crippen LogP contribution in [0.4, 0.5) is 0 Å². The SMILES string of the molecule is [C-]#[O+].[C-]#[O+].[CH2][CH][CH]C.[CH]1[CH][CH][CH][CH]1.[W]. The van der Waals surface area contributed by atoms with Crippen molar-refractivity contribution in [3.05, 3.63) is 65.2 Å². The number of rotatable bonds is 1. The number of unbranched alkanes of at least 4 members (excludes halogenated alkanes) is 1.